The summed E-state index contributed by atoms with van der Waals surface area (Å²) in [6, 6.07) is 11.9. The molecule has 0 aliphatic heterocycles. The van der Waals surface area contributed by atoms with Crippen LogP contribution in [0.3, 0.4) is 0 Å². The number of hydrogen-bond donors (Lipinski definition) is 0. The Kier molecular flexibility index (Phi) is 1.78. The fraction of sp³-hybridized carbons (Fsp3) is 0. The van der Waals surface area contributed by atoms with E-state index in [0.29, 0.717) is 0 Å². The Bertz CT molecular complexity index is 418. The third kappa shape index (κ3) is 1.19. The minimum Gasteiger partial charge on any atom is -0.0837 e. The minimum absolute atomic E-state index is 0.799. The fourth-order valence-electron chi connectivity index (χ4n) is 1.29. The Morgan fingerprint density at radius 2 is 1.92 bits per heavy atom. The van der Waals surface area contributed by atoms with Crippen LogP contribution in [0.25, 0.3) is 10.8 Å². The maximum absolute atomic E-state index is 5.99. The van der Waals surface area contributed by atoms with E-state index in [1.807, 2.05) is 36.4 Å². The van der Waals surface area contributed by atoms with E-state index < -0.39 is 0 Å². The highest BCUT2D eigenvalue weighted by Crippen LogP contribution is 2.23. The topological polar surface area (TPSA) is 0 Å². The molecular weight excluding hydrogens is 168 g/mol. The molecule has 1 radical (unpaired) electrons. The van der Waals surface area contributed by atoms with Gasteiger partial charge in [0.1, 0.15) is 0 Å². The molecule has 0 aliphatic carbocycles. The largest absolute Gasteiger partial charge is 0.0837 e. The van der Waals surface area contributed by atoms with E-state index in [2.05, 4.69) is 6.92 Å². The van der Waals surface area contributed by atoms with Crippen LogP contribution in [-0.2, 0) is 0 Å². The molecular formula is C11H8Cl. The summed E-state index contributed by atoms with van der Waals surface area (Å²) in [5, 5.41) is 3.04. The summed E-state index contributed by atoms with van der Waals surface area (Å²) in [6.45, 7) is 3.86. The van der Waals surface area contributed by atoms with Gasteiger partial charge in [-0.1, -0.05) is 41.9 Å². The molecule has 0 N–H and O–H groups in total. The van der Waals surface area contributed by atoms with Crippen LogP contribution in [0.15, 0.2) is 36.4 Å². The Morgan fingerprint density at radius 3 is 2.75 bits per heavy atom. The van der Waals surface area contributed by atoms with E-state index in [0.717, 1.165) is 21.4 Å². The predicted octanol–water partition coefficient (Wildman–Crippen LogP) is 3.68. The highest BCUT2D eigenvalue weighted by atomic mass is 35.5. The van der Waals surface area contributed by atoms with Crippen LogP contribution in [0.4, 0.5) is 0 Å². The molecule has 0 saturated carbocycles. The van der Waals surface area contributed by atoms with Gasteiger partial charge in [-0.2, -0.15) is 0 Å². The van der Waals surface area contributed by atoms with Crippen molar-refractivity contribution in [2.45, 2.75) is 0 Å². The summed E-state index contributed by atoms with van der Waals surface area (Å²) in [4.78, 5) is 0. The van der Waals surface area contributed by atoms with Crippen LogP contribution in [0.1, 0.15) is 5.56 Å². The number of rotatable bonds is 0. The maximum atomic E-state index is 5.99. The lowest BCUT2D eigenvalue weighted by atomic mass is 10.1. The van der Waals surface area contributed by atoms with Crippen molar-refractivity contribution in [1.82, 2.24) is 0 Å². The number of hydrogen-bond acceptors (Lipinski definition) is 0. The van der Waals surface area contributed by atoms with Gasteiger partial charge in [-0.05, 0) is 23.9 Å². The first-order valence-corrected chi connectivity index (χ1v) is 4.15. The van der Waals surface area contributed by atoms with Gasteiger partial charge in [0.15, 0.2) is 0 Å². The normalized spacial score (nSPS) is 10.5. The highest BCUT2D eigenvalue weighted by molar-refractivity contribution is 6.35. The van der Waals surface area contributed by atoms with Gasteiger partial charge in [0.25, 0.3) is 0 Å². The zero-order valence-electron chi connectivity index (χ0n) is 6.55. The Hall–Kier alpha value is -1.01. The lowest BCUT2D eigenvalue weighted by Crippen LogP contribution is -1.75. The number of fused-ring (bicyclic) bond motifs is 1. The van der Waals surface area contributed by atoms with Crippen molar-refractivity contribution in [1.29, 1.82) is 0 Å². The van der Waals surface area contributed by atoms with Crippen molar-refractivity contribution in [2.75, 3.05) is 0 Å². The zero-order chi connectivity index (χ0) is 8.55. The molecule has 59 valence electrons. The maximum Gasteiger partial charge on any atom is 0.0484 e. The van der Waals surface area contributed by atoms with Crippen LogP contribution in [0.5, 0.6) is 0 Å². The fourth-order valence-corrected chi connectivity index (χ4v) is 1.54. The van der Waals surface area contributed by atoms with Gasteiger partial charge in [-0.3, -0.25) is 0 Å². The summed E-state index contributed by atoms with van der Waals surface area (Å²) >= 11 is 5.99. The molecule has 0 saturated heterocycles. The van der Waals surface area contributed by atoms with Crippen molar-refractivity contribution < 1.29 is 0 Å². The van der Waals surface area contributed by atoms with Gasteiger partial charge in [0.05, 0.1) is 0 Å². The smallest absolute Gasteiger partial charge is 0.0484 e. The van der Waals surface area contributed by atoms with E-state index in [9.17, 15) is 0 Å². The standard InChI is InChI=1S/C11H8Cl/c1-8-5-6-10-9(7-8)3-2-4-11(10)12/h2-7H,1H2. The predicted molar refractivity (Wildman–Crippen MR) is 53.4 cm³/mol. The lowest BCUT2D eigenvalue weighted by Gasteiger charge is -2.00. The van der Waals surface area contributed by atoms with Gasteiger partial charge in [-0.25, -0.2) is 0 Å². The average molecular weight is 176 g/mol. The van der Waals surface area contributed by atoms with Gasteiger partial charge < -0.3 is 0 Å². The SMILES string of the molecule is [CH2]c1ccc2c(Cl)cccc2c1. The van der Waals surface area contributed by atoms with Gasteiger partial charge in [-0.15, -0.1) is 0 Å². The minimum atomic E-state index is 0.799. The van der Waals surface area contributed by atoms with Crippen LogP contribution < -0.4 is 0 Å². The molecule has 2 rings (SSSR count). The molecule has 12 heavy (non-hydrogen) atoms. The molecule has 2 aromatic rings. The van der Waals surface area contributed by atoms with Crippen molar-refractivity contribution in [2.24, 2.45) is 0 Å². The molecule has 0 heterocycles. The van der Waals surface area contributed by atoms with Crippen molar-refractivity contribution in [3.05, 3.63) is 53.9 Å². The quantitative estimate of drug-likeness (QED) is 0.573. The first-order chi connectivity index (χ1) is 5.77. The molecule has 0 amide bonds. The van der Waals surface area contributed by atoms with E-state index in [4.69, 9.17) is 11.6 Å². The molecule has 0 nitrogen and oxygen atoms in total. The Morgan fingerprint density at radius 1 is 1.08 bits per heavy atom. The molecule has 0 aromatic heterocycles. The first kappa shape index (κ1) is 7.63. The van der Waals surface area contributed by atoms with Crippen molar-refractivity contribution >= 4 is 22.4 Å². The summed E-state index contributed by atoms with van der Waals surface area (Å²) in [6.07, 6.45) is 0. The molecule has 0 fully saturated rings. The summed E-state index contributed by atoms with van der Waals surface area (Å²) in [5.41, 5.74) is 1.02. The molecule has 0 spiro atoms. The van der Waals surface area contributed by atoms with E-state index in [-0.39, 0.29) is 0 Å². The van der Waals surface area contributed by atoms with E-state index in [1.165, 1.54) is 0 Å². The Labute approximate surface area is 76.8 Å². The van der Waals surface area contributed by atoms with E-state index in [1.54, 1.807) is 0 Å². The van der Waals surface area contributed by atoms with Crippen molar-refractivity contribution in [3.8, 4) is 0 Å². The second kappa shape index (κ2) is 2.80. The second-order valence-electron chi connectivity index (χ2n) is 2.80. The molecule has 0 unspecified atom stereocenters. The first-order valence-electron chi connectivity index (χ1n) is 3.77. The number of halogens is 1. The van der Waals surface area contributed by atoms with Crippen LogP contribution in [0, 0.1) is 6.92 Å². The summed E-state index contributed by atoms with van der Waals surface area (Å²) < 4.78 is 0. The third-order valence-corrected chi connectivity index (χ3v) is 2.22. The molecule has 2 aromatic carbocycles. The molecule has 0 bridgehead atoms. The van der Waals surface area contributed by atoms with E-state index >= 15 is 0 Å². The lowest BCUT2D eigenvalue weighted by molar-refractivity contribution is 1.66. The monoisotopic (exact) mass is 175 g/mol. The second-order valence-corrected chi connectivity index (χ2v) is 3.20. The van der Waals surface area contributed by atoms with Gasteiger partial charge in [0, 0.05) is 10.4 Å². The third-order valence-electron chi connectivity index (χ3n) is 1.89. The Balaban J connectivity index is 2.86. The summed E-state index contributed by atoms with van der Waals surface area (Å²) in [5.74, 6) is 0. The van der Waals surface area contributed by atoms with Gasteiger partial charge in [0.2, 0.25) is 0 Å². The zero-order valence-corrected chi connectivity index (χ0v) is 7.31. The van der Waals surface area contributed by atoms with Crippen LogP contribution in [-0.4, -0.2) is 0 Å². The highest BCUT2D eigenvalue weighted by Gasteiger charge is 1.96. The molecule has 0 atom stereocenters. The van der Waals surface area contributed by atoms with Crippen LogP contribution in [0.2, 0.25) is 5.02 Å². The summed E-state index contributed by atoms with van der Waals surface area (Å²) in [7, 11) is 0. The van der Waals surface area contributed by atoms with Crippen LogP contribution >= 0.6 is 11.6 Å². The average Bonchev–Trinajstić information content (AvgIpc) is 2.04. The van der Waals surface area contributed by atoms with Gasteiger partial charge >= 0.3 is 0 Å². The number of benzene rings is 2. The molecule has 0 aliphatic rings. The molecule has 1 heteroatoms. The van der Waals surface area contributed by atoms with Crippen molar-refractivity contribution in [3.63, 3.8) is 0 Å².